The van der Waals surface area contributed by atoms with Crippen LogP contribution in [0.5, 0.6) is 0 Å². The molecule has 0 saturated heterocycles. The van der Waals surface area contributed by atoms with Gasteiger partial charge in [-0.2, -0.15) is 0 Å². The summed E-state index contributed by atoms with van der Waals surface area (Å²) in [6.07, 6.45) is 10.4. The Morgan fingerprint density at radius 3 is 2.45 bits per heavy atom. The molecular weight excluding hydrogens is 244 g/mol. The predicted molar refractivity (Wildman–Crippen MR) is 85.7 cm³/mol. The van der Waals surface area contributed by atoms with Crippen LogP contribution in [-0.2, 0) is 10.8 Å². The molecular formula is C18H24N2. The van der Waals surface area contributed by atoms with E-state index < -0.39 is 0 Å². The Bertz CT molecular complexity index is 612. The van der Waals surface area contributed by atoms with Crippen LogP contribution in [0.25, 0.3) is 0 Å². The lowest BCUT2D eigenvalue weighted by molar-refractivity contribution is 0.255. The smallest absolute Gasteiger partial charge is 0.0473 e. The lowest BCUT2D eigenvalue weighted by atomic mass is 9.64. The number of benzene rings is 1. The number of allylic oxidation sites excluding steroid dienone is 2. The van der Waals surface area contributed by atoms with Crippen molar-refractivity contribution in [2.24, 2.45) is 5.73 Å². The van der Waals surface area contributed by atoms with Gasteiger partial charge in [0.05, 0.1) is 0 Å². The molecule has 0 aromatic heterocycles. The van der Waals surface area contributed by atoms with Crippen LogP contribution >= 0.6 is 0 Å². The maximum Gasteiger partial charge on any atom is 0.0473 e. The highest BCUT2D eigenvalue weighted by Gasteiger charge is 2.53. The van der Waals surface area contributed by atoms with Crippen LogP contribution in [0.4, 0.5) is 5.69 Å². The molecule has 20 heavy (non-hydrogen) atoms. The van der Waals surface area contributed by atoms with Gasteiger partial charge in [0.15, 0.2) is 0 Å². The number of nitrogens with two attached hydrogens (primary N) is 2. The Labute approximate surface area is 121 Å². The summed E-state index contributed by atoms with van der Waals surface area (Å²) in [6.45, 7) is 6.89. The molecule has 0 bridgehead atoms. The molecule has 0 saturated carbocycles. The molecule has 1 aromatic carbocycles. The predicted octanol–water partition coefficient (Wildman–Crippen LogP) is 3.42. The fourth-order valence-electron chi connectivity index (χ4n) is 4.14. The molecule has 0 fully saturated rings. The molecule has 2 nitrogen and oxygen atoms in total. The van der Waals surface area contributed by atoms with Crippen LogP contribution in [0.2, 0.25) is 0 Å². The standard InChI is InChI=1S/C18H24N2/c1-16(2)12-17(3,18(20)9-5-4-6-10-18)14-8-7-13(19)11-15(14)16/h4-9,11H,10,12,19-20H2,1-3H3. The van der Waals surface area contributed by atoms with Crippen LogP contribution in [0, 0.1) is 0 Å². The maximum absolute atomic E-state index is 6.80. The minimum atomic E-state index is -0.319. The first-order chi connectivity index (χ1) is 9.29. The van der Waals surface area contributed by atoms with Crippen LogP contribution in [0.1, 0.15) is 44.7 Å². The lowest BCUT2D eigenvalue weighted by Crippen LogP contribution is -2.55. The van der Waals surface area contributed by atoms with E-state index in [0.29, 0.717) is 0 Å². The van der Waals surface area contributed by atoms with Gasteiger partial charge < -0.3 is 11.5 Å². The zero-order valence-electron chi connectivity index (χ0n) is 12.6. The molecule has 4 N–H and O–H groups in total. The third kappa shape index (κ3) is 1.68. The van der Waals surface area contributed by atoms with Crippen molar-refractivity contribution in [3.8, 4) is 0 Å². The fraction of sp³-hybridized carbons (Fsp3) is 0.444. The van der Waals surface area contributed by atoms with Gasteiger partial charge in [-0.25, -0.2) is 0 Å². The lowest BCUT2D eigenvalue weighted by Gasteiger charge is -2.44. The summed E-state index contributed by atoms with van der Waals surface area (Å²) in [6, 6.07) is 6.32. The minimum Gasteiger partial charge on any atom is -0.399 e. The summed E-state index contributed by atoms with van der Waals surface area (Å²) < 4.78 is 0. The number of anilines is 1. The Hall–Kier alpha value is -1.54. The first kappa shape index (κ1) is 13.4. The second-order valence-corrected chi connectivity index (χ2v) is 7.23. The van der Waals surface area contributed by atoms with E-state index in [1.165, 1.54) is 11.1 Å². The van der Waals surface area contributed by atoms with Gasteiger partial charge in [-0.05, 0) is 41.5 Å². The van der Waals surface area contributed by atoms with Crippen LogP contribution in [0.3, 0.4) is 0 Å². The van der Waals surface area contributed by atoms with Crippen molar-refractivity contribution in [2.45, 2.75) is 50.0 Å². The average molecular weight is 268 g/mol. The fourth-order valence-corrected chi connectivity index (χ4v) is 4.14. The molecule has 2 unspecified atom stereocenters. The molecule has 2 heteroatoms. The number of rotatable bonds is 1. The molecule has 1 aromatic rings. The molecule has 106 valence electrons. The molecule has 3 rings (SSSR count). The Kier molecular flexibility index (Phi) is 2.68. The highest BCUT2D eigenvalue weighted by atomic mass is 14.8. The second kappa shape index (κ2) is 3.98. The van der Waals surface area contributed by atoms with E-state index in [1.54, 1.807) is 0 Å². The van der Waals surface area contributed by atoms with Gasteiger partial charge >= 0.3 is 0 Å². The zero-order chi connectivity index (χ0) is 14.6. The first-order valence-electron chi connectivity index (χ1n) is 7.32. The molecule has 2 aliphatic carbocycles. The van der Waals surface area contributed by atoms with E-state index in [9.17, 15) is 0 Å². The highest BCUT2D eigenvalue weighted by molar-refractivity contribution is 5.56. The molecule has 0 amide bonds. The third-order valence-electron chi connectivity index (χ3n) is 5.29. The second-order valence-electron chi connectivity index (χ2n) is 7.23. The summed E-state index contributed by atoms with van der Waals surface area (Å²) in [5, 5.41) is 0. The van der Waals surface area contributed by atoms with E-state index in [-0.39, 0.29) is 16.4 Å². The number of hydrogen-bond acceptors (Lipinski definition) is 2. The Balaban J connectivity index is 2.18. The number of nitrogen functional groups attached to an aromatic ring is 1. The number of hydrogen-bond donors (Lipinski definition) is 2. The molecule has 2 aliphatic rings. The average Bonchev–Trinajstić information content (AvgIpc) is 2.59. The van der Waals surface area contributed by atoms with Crippen molar-refractivity contribution in [2.75, 3.05) is 5.73 Å². The largest absolute Gasteiger partial charge is 0.399 e. The van der Waals surface area contributed by atoms with Crippen molar-refractivity contribution >= 4 is 5.69 Å². The molecule has 0 heterocycles. The zero-order valence-corrected chi connectivity index (χ0v) is 12.6. The van der Waals surface area contributed by atoms with Gasteiger partial charge in [-0.15, -0.1) is 0 Å². The van der Waals surface area contributed by atoms with Gasteiger partial charge in [0.2, 0.25) is 0 Å². The van der Waals surface area contributed by atoms with E-state index >= 15 is 0 Å². The summed E-state index contributed by atoms with van der Waals surface area (Å²) in [7, 11) is 0. The summed E-state index contributed by atoms with van der Waals surface area (Å²) in [5.74, 6) is 0. The minimum absolute atomic E-state index is 0.0548. The van der Waals surface area contributed by atoms with Crippen molar-refractivity contribution < 1.29 is 0 Å². The van der Waals surface area contributed by atoms with Gasteiger partial charge in [-0.3, -0.25) is 0 Å². The van der Waals surface area contributed by atoms with Crippen molar-refractivity contribution in [1.82, 2.24) is 0 Å². The molecule has 0 spiro atoms. The topological polar surface area (TPSA) is 52.0 Å². The highest BCUT2D eigenvalue weighted by Crippen LogP contribution is 2.55. The van der Waals surface area contributed by atoms with Gasteiger partial charge in [0.1, 0.15) is 0 Å². The Morgan fingerprint density at radius 1 is 1.05 bits per heavy atom. The van der Waals surface area contributed by atoms with E-state index in [0.717, 1.165) is 18.5 Å². The van der Waals surface area contributed by atoms with Crippen LogP contribution in [-0.4, -0.2) is 5.54 Å². The molecule has 0 radical (unpaired) electrons. The molecule has 0 aliphatic heterocycles. The normalized spacial score (nSPS) is 34.2. The van der Waals surface area contributed by atoms with Crippen molar-refractivity contribution in [3.63, 3.8) is 0 Å². The summed E-state index contributed by atoms with van der Waals surface area (Å²) in [5.41, 5.74) is 16.1. The first-order valence-corrected chi connectivity index (χ1v) is 7.32. The SMILES string of the molecule is CC1(C)CC(C)(C2(N)C=CC=CC2)c2ccc(N)cc21. The van der Waals surface area contributed by atoms with Crippen molar-refractivity contribution in [1.29, 1.82) is 0 Å². The van der Waals surface area contributed by atoms with Gasteiger partial charge in [0.25, 0.3) is 0 Å². The monoisotopic (exact) mass is 268 g/mol. The van der Waals surface area contributed by atoms with Crippen molar-refractivity contribution in [3.05, 3.63) is 53.6 Å². The van der Waals surface area contributed by atoms with Crippen LogP contribution < -0.4 is 11.5 Å². The van der Waals surface area contributed by atoms with Crippen LogP contribution in [0.15, 0.2) is 42.5 Å². The van der Waals surface area contributed by atoms with E-state index in [1.807, 2.05) is 6.07 Å². The van der Waals surface area contributed by atoms with Gasteiger partial charge in [0, 0.05) is 16.6 Å². The summed E-state index contributed by atoms with van der Waals surface area (Å²) >= 11 is 0. The third-order valence-corrected chi connectivity index (χ3v) is 5.29. The van der Waals surface area contributed by atoms with Gasteiger partial charge in [-0.1, -0.05) is 51.1 Å². The summed E-state index contributed by atoms with van der Waals surface area (Å²) in [4.78, 5) is 0. The van der Waals surface area contributed by atoms with E-state index in [2.05, 4.69) is 57.2 Å². The quantitative estimate of drug-likeness (QED) is 0.767. The Morgan fingerprint density at radius 2 is 1.80 bits per heavy atom. The molecule has 2 atom stereocenters. The van der Waals surface area contributed by atoms with E-state index in [4.69, 9.17) is 11.5 Å². The number of fused-ring (bicyclic) bond motifs is 1. The maximum atomic E-state index is 6.80.